The van der Waals surface area contributed by atoms with Crippen molar-refractivity contribution in [2.75, 3.05) is 36.4 Å². The van der Waals surface area contributed by atoms with Crippen LogP contribution in [0.15, 0.2) is 42.6 Å². The van der Waals surface area contributed by atoms with E-state index in [-0.39, 0.29) is 11.9 Å². The standard InChI is InChI=1S/C19H20ClF3N4O/c1-13(18(28)25-16-4-2-3-15(20)11-16)26-7-9-27(10-8-26)17-6-5-14(12-24-17)19(21,22)23/h2-6,11-13H,7-10H2,1H3,(H,25,28)/t13-/m1/s1. The number of carbonyl (C=O) groups excluding carboxylic acids is 1. The van der Waals surface area contributed by atoms with Crippen LogP contribution in [-0.4, -0.2) is 48.0 Å². The number of aromatic nitrogens is 1. The molecular weight excluding hydrogens is 393 g/mol. The van der Waals surface area contributed by atoms with Crippen LogP contribution in [0.2, 0.25) is 5.02 Å². The van der Waals surface area contributed by atoms with Crippen LogP contribution in [0.25, 0.3) is 0 Å². The molecule has 2 aromatic rings. The zero-order valence-electron chi connectivity index (χ0n) is 15.2. The van der Waals surface area contributed by atoms with Crippen LogP contribution in [0.3, 0.4) is 0 Å². The van der Waals surface area contributed by atoms with Gasteiger partial charge in [0, 0.05) is 43.1 Å². The molecule has 150 valence electrons. The number of hydrogen-bond donors (Lipinski definition) is 1. The van der Waals surface area contributed by atoms with Gasteiger partial charge in [-0.1, -0.05) is 17.7 Å². The molecule has 1 atom stereocenters. The zero-order chi connectivity index (χ0) is 20.3. The monoisotopic (exact) mass is 412 g/mol. The van der Waals surface area contributed by atoms with Gasteiger partial charge in [0.2, 0.25) is 5.91 Å². The first-order valence-corrected chi connectivity index (χ1v) is 9.20. The normalized spacial score (nSPS) is 16.7. The molecule has 0 radical (unpaired) electrons. The van der Waals surface area contributed by atoms with Crippen LogP contribution >= 0.6 is 11.6 Å². The largest absolute Gasteiger partial charge is 0.417 e. The molecule has 1 fully saturated rings. The van der Waals surface area contributed by atoms with Gasteiger partial charge in [0.05, 0.1) is 11.6 Å². The highest BCUT2D eigenvalue weighted by molar-refractivity contribution is 6.30. The average Bonchev–Trinajstić information content (AvgIpc) is 2.67. The number of piperazine rings is 1. The lowest BCUT2D eigenvalue weighted by Crippen LogP contribution is -2.53. The number of benzene rings is 1. The third-order valence-corrected chi connectivity index (χ3v) is 4.97. The van der Waals surface area contributed by atoms with E-state index >= 15 is 0 Å². The Labute approximate surface area is 166 Å². The van der Waals surface area contributed by atoms with Crippen LogP contribution in [0.5, 0.6) is 0 Å². The summed E-state index contributed by atoms with van der Waals surface area (Å²) >= 11 is 5.93. The molecule has 28 heavy (non-hydrogen) atoms. The van der Waals surface area contributed by atoms with Crippen molar-refractivity contribution in [1.29, 1.82) is 0 Å². The molecule has 2 heterocycles. The maximum absolute atomic E-state index is 12.7. The van der Waals surface area contributed by atoms with Crippen molar-refractivity contribution in [2.24, 2.45) is 0 Å². The average molecular weight is 413 g/mol. The lowest BCUT2D eigenvalue weighted by atomic mass is 10.2. The summed E-state index contributed by atoms with van der Waals surface area (Å²) in [5.74, 6) is 0.368. The zero-order valence-corrected chi connectivity index (χ0v) is 16.0. The summed E-state index contributed by atoms with van der Waals surface area (Å²) in [5.41, 5.74) is -0.127. The minimum atomic E-state index is -4.39. The molecule has 0 aliphatic carbocycles. The van der Waals surface area contributed by atoms with Crippen LogP contribution in [-0.2, 0) is 11.0 Å². The molecule has 1 aliphatic heterocycles. The fourth-order valence-corrected chi connectivity index (χ4v) is 3.25. The predicted molar refractivity (Wildman–Crippen MR) is 103 cm³/mol. The van der Waals surface area contributed by atoms with Gasteiger partial charge in [-0.3, -0.25) is 9.69 Å². The predicted octanol–water partition coefficient (Wildman–Crippen LogP) is 3.90. The Morgan fingerprint density at radius 1 is 1.18 bits per heavy atom. The topological polar surface area (TPSA) is 48.5 Å². The number of rotatable bonds is 4. The highest BCUT2D eigenvalue weighted by atomic mass is 35.5. The van der Waals surface area contributed by atoms with Gasteiger partial charge in [-0.2, -0.15) is 13.2 Å². The highest BCUT2D eigenvalue weighted by Gasteiger charge is 2.31. The fraction of sp³-hybridized carbons (Fsp3) is 0.368. The number of nitrogens with zero attached hydrogens (tertiary/aromatic N) is 3. The second kappa shape index (κ2) is 8.36. The third-order valence-electron chi connectivity index (χ3n) is 4.73. The summed E-state index contributed by atoms with van der Waals surface area (Å²) in [5, 5.41) is 3.39. The number of amides is 1. The van der Waals surface area contributed by atoms with Crippen molar-refractivity contribution in [3.05, 3.63) is 53.2 Å². The Morgan fingerprint density at radius 3 is 2.46 bits per heavy atom. The first kappa shape index (κ1) is 20.4. The maximum atomic E-state index is 12.7. The summed E-state index contributed by atoms with van der Waals surface area (Å²) in [6.45, 7) is 4.19. The molecule has 5 nitrogen and oxygen atoms in total. The number of hydrogen-bond acceptors (Lipinski definition) is 4. The molecule has 1 saturated heterocycles. The SMILES string of the molecule is C[C@H](C(=O)Nc1cccc(Cl)c1)N1CCN(c2ccc(C(F)(F)F)cn2)CC1. The quantitative estimate of drug-likeness (QED) is 0.827. The molecule has 9 heteroatoms. The van der Waals surface area contributed by atoms with Gasteiger partial charge in [-0.25, -0.2) is 4.98 Å². The molecule has 1 N–H and O–H groups in total. The summed E-state index contributed by atoms with van der Waals surface area (Å²) in [6.07, 6.45) is -3.54. The molecule has 1 aliphatic rings. The lowest BCUT2D eigenvalue weighted by molar-refractivity contribution is -0.137. The Bertz CT molecular complexity index is 821. The lowest BCUT2D eigenvalue weighted by Gasteiger charge is -2.38. The van der Waals surface area contributed by atoms with E-state index in [1.165, 1.54) is 6.07 Å². The molecule has 0 saturated carbocycles. The van der Waals surface area contributed by atoms with Gasteiger partial charge < -0.3 is 10.2 Å². The first-order chi connectivity index (χ1) is 13.2. The van der Waals surface area contributed by atoms with Crippen LogP contribution in [0.4, 0.5) is 24.7 Å². The van der Waals surface area contributed by atoms with E-state index in [4.69, 9.17) is 11.6 Å². The number of halogens is 4. The Hall–Kier alpha value is -2.32. The van der Waals surface area contributed by atoms with Crippen molar-refractivity contribution >= 4 is 29.0 Å². The van der Waals surface area contributed by atoms with E-state index in [1.807, 2.05) is 16.7 Å². The van der Waals surface area contributed by atoms with Crippen LogP contribution in [0, 0.1) is 0 Å². The minimum Gasteiger partial charge on any atom is -0.354 e. The van der Waals surface area contributed by atoms with Crippen molar-refractivity contribution in [3.8, 4) is 0 Å². The number of pyridine rings is 1. The second-order valence-corrected chi connectivity index (χ2v) is 7.04. The smallest absolute Gasteiger partial charge is 0.354 e. The van der Waals surface area contributed by atoms with Gasteiger partial charge in [0.25, 0.3) is 0 Å². The van der Waals surface area contributed by atoms with E-state index in [0.29, 0.717) is 42.7 Å². The van der Waals surface area contributed by atoms with E-state index < -0.39 is 11.7 Å². The molecule has 1 aromatic heterocycles. The first-order valence-electron chi connectivity index (χ1n) is 8.83. The molecule has 1 aromatic carbocycles. The third kappa shape index (κ3) is 4.94. The second-order valence-electron chi connectivity index (χ2n) is 6.60. The van der Waals surface area contributed by atoms with E-state index in [1.54, 1.807) is 24.3 Å². The van der Waals surface area contributed by atoms with E-state index in [2.05, 4.69) is 10.3 Å². The van der Waals surface area contributed by atoms with Crippen LogP contribution in [0.1, 0.15) is 12.5 Å². The van der Waals surface area contributed by atoms with Gasteiger partial charge in [0.15, 0.2) is 0 Å². The Balaban J connectivity index is 1.55. The number of carbonyl (C=O) groups is 1. The van der Waals surface area contributed by atoms with E-state index in [0.717, 1.165) is 12.3 Å². The minimum absolute atomic E-state index is 0.136. The Kier molecular flexibility index (Phi) is 6.10. The van der Waals surface area contributed by atoms with E-state index in [9.17, 15) is 18.0 Å². The summed E-state index contributed by atoms with van der Waals surface area (Å²) in [6, 6.07) is 9.02. The molecule has 3 rings (SSSR count). The van der Waals surface area contributed by atoms with Crippen molar-refractivity contribution < 1.29 is 18.0 Å². The van der Waals surface area contributed by atoms with Gasteiger partial charge in [-0.05, 0) is 37.3 Å². The summed E-state index contributed by atoms with van der Waals surface area (Å²) < 4.78 is 38.0. The maximum Gasteiger partial charge on any atom is 0.417 e. The molecule has 0 spiro atoms. The Morgan fingerprint density at radius 2 is 1.89 bits per heavy atom. The molecular formula is C19H20ClF3N4O. The van der Waals surface area contributed by atoms with Gasteiger partial charge >= 0.3 is 6.18 Å². The van der Waals surface area contributed by atoms with Crippen molar-refractivity contribution in [3.63, 3.8) is 0 Å². The van der Waals surface area contributed by atoms with Crippen molar-refractivity contribution in [2.45, 2.75) is 19.1 Å². The molecule has 0 unspecified atom stereocenters. The van der Waals surface area contributed by atoms with Gasteiger partial charge in [0.1, 0.15) is 5.82 Å². The molecule has 0 bridgehead atoms. The summed E-state index contributed by atoms with van der Waals surface area (Å²) in [4.78, 5) is 20.4. The molecule has 1 amide bonds. The fourth-order valence-electron chi connectivity index (χ4n) is 3.06. The number of alkyl halides is 3. The van der Waals surface area contributed by atoms with Gasteiger partial charge in [-0.15, -0.1) is 0 Å². The number of nitrogens with one attached hydrogen (secondary N) is 1. The summed E-state index contributed by atoms with van der Waals surface area (Å²) in [7, 11) is 0. The van der Waals surface area contributed by atoms with Crippen LogP contribution < -0.4 is 10.2 Å². The van der Waals surface area contributed by atoms with Crippen molar-refractivity contribution in [1.82, 2.24) is 9.88 Å². The highest BCUT2D eigenvalue weighted by Crippen LogP contribution is 2.29. The number of anilines is 2.